The molecular weight excluding hydrogens is 274 g/mol. The Morgan fingerprint density at radius 1 is 0.864 bits per heavy atom. The predicted molar refractivity (Wildman–Crippen MR) is 90.2 cm³/mol. The Kier molecular flexibility index (Phi) is 4.05. The summed E-state index contributed by atoms with van der Waals surface area (Å²) in [7, 11) is 3.30. The molecule has 0 atom stereocenters. The molecule has 3 aromatic rings. The van der Waals surface area contributed by atoms with Crippen LogP contribution in [0.4, 0.5) is 0 Å². The fraction of sp³-hybridized carbons (Fsp3) is 0.105. The molecule has 0 spiro atoms. The number of para-hydroxylation sites is 1. The molecule has 0 amide bonds. The van der Waals surface area contributed by atoms with Crippen molar-refractivity contribution in [3.63, 3.8) is 0 Å². The van der Waals surface area contributed by atoms with Gasteiger partial charge >= 0.3 is 0 Å². The minimum atomic E-state index is 0.774. The molecule has 0 saturated carbocycles. The molecule has 22 heavy (non-hydrogen) atoms. The lowest BCUT2D eigenvalue weighted by molar-refractivity contribution is 0.394. The van der Waals surface area contributed by atoms with Gasteiger partial charge in [-0.3, -0.25) is 0 Å². The van der Waals surface area contributed by atoms with Crippen molar-refractivity contribution in [2.45, 2.75) is 0 Å². The zero-order valence-corrected chi connectivity index (χ0v) is 12.6. The number of methoxy groups -OCH3 is 2. The second-order valence-corrected chi connectivity index (χ2v) is 4.87. The molecule has 0 bridgehead atoms. The molecule has 0 aliphatic carbocycles. The van der Waals surface area contributed by atoms with Gasteiger partial charge in [-0.15, -0.1) is 0 Å². The second kappa shape index (κ2) is 6.31. The highest BCUT2D eigenvalue weighted by molar-refractivity contribution is 5.81. The monoisotopic (exact) mass is 291 g/mol. The zero-order chi connectivity index (χ0) is 15.4. The average molecular weight is 291 g/mol. The predicted octanol–water partition coefficient (Wildman–Crippen LogP) is 4.42. The quantitative estimate of drug-likeness (QED) is 0.713. The molecule has 0 unspecified atom stereocenters. The lowest BCUT2D eigenvalue weighted by atomic mass is 10.1. The minimum Gasteiger partial charge on any atom is -0.497 e. The second-order valence-electron chi connectivity index (χ2n) is 4.87. The average Bonchev–Trinajstić information content (AvgIpc) is 2.59. The SMILES string of the molecule is COc1ccc(/C=C/c2ccc3ccccc3n2)c(OC)c1. The van der Waals surface area contributed by atoms with Crippen molar-refractivity contribution in [1.29, 1.82) is 0 Å². The lowest BCUT2D eigenvalue weighted by Gasteiger charge is -2.07. The Bertz CT molecular complexity index is 825. The topological polar surface area (TPSA) is 31.4 Å². The molecule has 3 rings (SSSR count). The van der Waals surface area contributed by atoms with Gasteiger partial charge in [-0.1, -0.05) is 24.3 Å². The number of hydrogen-bond donors (Lipinski definition) is 0. The highest BCUT2D eigenvalue weighted by Gasteiger charge is 2.02. The van der Waals surface area contributed by atoms with Crippen molar-refractivity contribution in [2.75, 3.05) is 14.2 Å². The summed E-state index contributed by atoms with van der Waals surface area (Å²) < 4.78 is 10.6. The smallest absolute Gasteiger partial charge is 0.129 e. The van der Waals surface area contributed by atoms with E-state index in [1.807, 2.05) is 54.6 Å². The summed E-state index contributed by atoms with van der Waals surface area (Å²) >= 11 is 0. The van der Waals surface area contributed by atoms with Crippen molar-refractivity contribution >= 4 is 23.1 Å². The normalized spacial score (nSPS) is 11.0. The Morgan fingerprint density at radius 2 is 1.73 bits per heavy atom. The van der Waals surface area contributed by atoms with Crippen LogP contribution in [0, 0.1) is 0 Å². The van der Waals surface area contributed by atoms with E-state index < -0.39 is 0 Å². The van der Waals surface area contributed by atoms with Crippen LogP contribution < -0.4 is 9.47 Å². The Hall–Kier alpha value is -2.81. The summed E-state index contributed by atoms with van der Waals surface area (Å²) in [6, 6.07) is 17.9. The zero-order valence-electron chi connectivity index (χ0n) is 12.6. The maximum Gasteiger partial charge on any atom is 0.129 e. The molecule has 2 aromatic carbocycles. The number of aromatic nitrogens is 1. The van der Waals surface area contributed by atoms with Crippen molar-refractivity contribution in [3.05, 3.63) is 65.9 Å². The molecule has 3 heteroatoms. The first-order chi connectivity index (χ1) is 10.8. The Balaban J connectivity index is 1.92. The summed E-state index contributed by atoms with van der Waals surface area (Å²) in [5.41, 5.74) is 2.89. The third-order valence-corrected chi connectivity index (χ3v) is 3.49. The number of ether oxygens (including phenoxy) is 2. The minimum absolute atomic E-state index is 0.774. The van der Waals surface area contributed by atoms with E-state index in [9.17, 15) is 0 Å². The van der Waals surface area contributed by atoms with Gasteiger partial charge in [0, 0.05) is 17.0 Å². The maximum atomic E-state index is 5.39. The molecule has 0 N–H and O–H groups in total. The van der Waals surface area contributed by atoms with E-state index in [0.29, 0.717) is 0 Å². The summed E-state index contributed by atoms with van der Waals surface area (Å²) in [6.07, 6.45) is 3.98. The van der Waals surface area contributed by atoms with Gasteiger partial charge in [-0.2, -0.15) is 0 Å². The third-order valence-electron chi connectivity index (χ3n) is 3.49. The summed E-state index contributed by atoms with van der Waals surface area (Å²) in [4.78, 5) is 4.63. The number of rotatable bonds is 4. The van der Waals surface area contributed by atoms with Crippen LogP contribution in [0.2, 0.25) is 0 Å². The molecule has 110 valence electrons. The van der Waals surface area contributed by atoms with Crippen molar-refractivity contribution in [2.24, 2.45) is 0 Å². The van der Waals surface area contributed by atoms with Gasteiger partial charge in [0.25, 0.3) is 0 Å². The molecule has 0 radical (unpaired) electrons. The first-order valence-corrected chi connectivity index (χ1v) is 7.06. The van der Waals surface area contributed by atoms with Gasteiger partial charge in [0.2, 0.25) is 0 Å². The van der Waals surface area contributed by atoms with Crippen LogP contribution in [0.25, 0.3) is 23.1 Å². The molecule has 3 nitrogen and oxygen atoms in total. The van der Waals surface area contributed by atoms with E-state index in [1.54, 1.807) is 14.2 Å². The van der Waals surface area contributed by atoms with E-state index in [1.165, 1.54) is 0 Å². The van der Waals surface area contributed by atoms with Crippen LogP contribution in [0.1, 0.15) is 11.3 Å². The number of fused-ring (bicyclic) bond motifs is 1. The number of pyridine rings is 1. The van der Waals surface area contributed by atoms with Gasteiger partial charge in [-0.05, 0) is 36.4 Å². The summed E-state index contributed by atoms with van der Waals surface area (Å²) in [5.74, 6) is 1.55. The first kappa shape index (κ1) is 14.1. The van der Waals surface area contributed by atoms with Crippen LogP contribution in [0.15, 0.2) is 54.6 Å². The molecule has 0 saturated heterocycles. The van der Waals surface area contributed by atoms with E-state index in [2.05, 4.69) is 17.1 Å². The maximum absolute atomic E-state index is 5.39. The highest BCUT2D eigenvalue weighted by Crippen LogP contribution is 2.26. The molecular formula is C19H17NO2. The van der Waals surface area contributed by atoms with Crippen molar-refractivity contribution < 1.29 is 9.47 Å². The van der Waals surface area contributed by atoms with Crippen LogP contribution >= 0.6 is 0 Å². The van der Waals surface area contributed by atoms with Crippen molar-refractivity contribution in [3.8, 4) is 11.5 Å². The summed E-state index contributed by atoms with van der Waals surface area (Å²) in [6.45, 7) is 0. The van der Waals surface area contributed by atoms with Crippen molar-refractivity contribution in [1.82, 2.24) is 4.98 Å². The van der Waals surface area contributed by atoms with Crippen LogP contribution in [0.3, 0.4) is 0 Å². The molecule has 1 heterocycles. The van der Waals surface area contributed by atoms with Gasteiger partial charge in [0.1, 0.15) is 11.5 Å². The standard InChI is InChI=1S/C19H17NO2/c1-21-17-12-9-15(19(13-17)22-2)8-11-16-10-7-14-5-3-4-6-18(14)20-16/h3-13H,1-2H3/b11-8+. The van der Waals surface area contributed by atoms with Gasteiger partial charge in [-0.25, -0.2) is 4.98 Å². The lowest BCUT2D eigenvalue weighted by Crippen LogP contribution is -1.89. The Labute approximate surface area is 129 Å². The van der Waals surface area contributed by atoms with Crippen LogP contribution in [-0.4, -0.2) is 19.2 Å². The van der Waals surface area contributed by atoms with E-state index in [-0.39, 0.29) is 0 Å². The van der Waals surface area contributed by atoms with Crippen LogP contribution in [-0.2, 0) is 0 Å². The Morgan fingerprint density at radius 3 is 2.55 bits per heavy atom. The third kappa shape index (κ3) is 2.93. The van der Waals surface area contributed by atoms with Gasteiger partial charge in [0.05, 0.1) is 25.4 Å². The fourth-order valence-electron chi connectivity index (χ4n) is 2.31. The number of hydrogen-bond acceptors (Lipinski definition) is 3. The molecule has 0 fully saturated rings. The fourth-order valence-corrected chi connectivity index (χ4v) is 2.31. The van der Waals surface area contributed by atoms with Crippen LogP contribution in [0.5, 0.6) is 11.5 Å². The van der Waals surface area contributed by atoms with Gasteiger partial charge in [0.15, 0.2) is 0 Å². The highest BCUT2D eigenvalue weighted by atomic mass is 16.5. The molecule has 1 aromatic heterocycles. The van der Waals surface area contributed by atoms with E-state index in [0.717, 1.165) is 33.7 Å². The molecule has 0 aliphatic rings. The number of benzene rings is 2. The van der Waals surface area contributed by atoms with E-state index >= 15 is 0 Å². The van der Waals surface area contributed by atoms with Gasteiger partial charge < -0.3 is 9.47 Å². The summed E-state index contributed by atoms with van der Waals surface area (Å²) in [5, 5.41) is 1.14. The largest absolute Gasteiger partial charge is 0.497 e. The molecule has 0 aliphatic heterocycles. The number of nitrogens with zero attached hydrogens (tertiary/aromatic N) is 1. The van der Waals surface area contributed by atoms with E-state index in [4.69, 9.17) is 9.47 Å². The first-order valence-electron chi connectivity index (χ1n) is 7.06.